The number of carboxylic acid groups (broad SMARTS) is 1. The molecule has 0 saturated carbocycles. The Hall–Kier alpha value is -1.88. The Morgan fingerprint density at radius 2 is 2.19 bits per heavy atom. The summed E-state index contributed by atoms with van der Waals surface area (Å²) in [4.78, 5) is 14.9. The molecule has 3 N–H and O–H groups in total. The average Bonchev–Trinajstić information content (AvgIpc) is 2.65. The topological polar surface area (TPSA) is 76.2 Å². The number of thiazole rings is 1. The third kappa shape index (κ3) is 2.20. The highest BCUT2D eigenvalue weighted by atomic mass is 32.1. The second-order valence-corrected chi connectivity index (χ2v) is 4.19. The van der Waals surface area contributed by atoms with Gasteiger partial charge in [0.15, 0.2) is 5.13 Å². The van der Waals surface area contributed by atoms with Crippen LogP contribution in [0.15, 0.2) is 29.6 Å². The highest BCUT2D eigenvalue weighted by molar-refractivity contribution is 7.13. The van der Waals surface area contributed by atoms with Crippen LogP contribution in [0.3, 0.4) is 0 Å². The van der Waals surface area contributed by atoms with Crippen LogP contribution in [0.4, 0.5) is 5.13 Å². The molecule has 0 aliphatic carbocycles. The van der Waals surface area contributed by atoms with E-state index < -0.39 is 5.97 Å². The number of anilines is 1. The summed E-state index contributed by atoms with van der Waals surface area (Å²) in [6.07, 6.45) is -0.00634. The van der Waals surface area contributed by atoms with E-state index >= 15 is 0 Å². The van der Waals surface area contributed by atoms with Crippen molar-refractivity contribution in [3.8, 4) is 11.3 Å². The molecular formula is C11H10N2O2S. The molecule has 1 heterocycles. The number of benzene rings is 1. The van der Waals surface area contributed by atoms with E-state index in [4.69, 9.17) is 10.8 Å². The molecule has 0 unspecified atom stereocenters. The smallest absolute Gasteiger partial charge is 0.307 e. The third-order valence-corrected chi connectivity index (χ3v) is 2.83. The van der Waals surface area contributed by atoms with Gasteiger partial charge in [0.25, 0.3) is 0 Å². The highest BCUT2D eigenvalue weighted by Gasteiger charge is 2.10. The lowest BCUT2D eigenvalue weighted by atomic mass is 10.0. The maximum absolute atomic E-state index is 10.7. The fraction of sp³-hybridized carbons (Fsp3) is 0.0909. The predicted octanol–water partition coefficient (Wildman–Crippen LogP) is 2.02. The van der Waals surface area contributed by atoms with Gasteiger partial charge in [0, 0.05) is 10.9 Å². The SMILES string of the molecule is Nc1nc(-c2ccccc2CC(=O)O)cs1. The van der Waals surface area contributed by atoms with E-state index in [0.717, 1.165) is 16.8 Å². The summed E-state index contributed by atoms with van der Waals surface area (Å²) in [6.45, 7) is 0. The van der Waals surface area contributed by atoms with E-state index in [0.29, 0.717) is 5.13 Å². The molecule has 0 fully saturated rings. The lowest BCUT2D eigenvalue weighted by Gasteiger charge is -2.04. The lowest BCUT2D eigenvalue weighted by Crippen LogP contribution is -2.01. The maximum atomic E-state index is 10.7. The first-order valence-corrected chi connectivity index (χ1v) is 5.56. The molecular weight excluding hydrogens is 224 g/mol. The van der Waals surface area contributed by atoms with Crippen molar-refractivity contribution in [1.82, 2.24) is 4.98 Å². The molecule has 2 aromatic rings. The Morgan fingerprint density at radius 3 is 2.81 bits per heavy atom. The third-order valence-electron chi connectivity index (χ3n) is 2.16. The normalized spacial score (nSPS) is 10.2. The Bertz CT molecular complexity index is 522. The summed E-state index contributed by atoms with van der Waals surface area (Å²) < 4.78 is 0. The number of aliphatic carboxylic acids is 1. The quantitative estimate of drug-likeness (QED) is 0.851. The van der Waals surface area contributed by atoms with Crippen molar-refractivity contribution in [2.45, 2.75) is 6.42 Å². The van der Waals surface area contributed by atoms with Crippen LogP contribution in [-0.2, 0) is 11.2 Å². The predicted molar refractivity (Wildman–Crippen MR) is 63.3 cm³/mol. The molecule has 1 aromatic heterocycles. The molecule has 0 saturated heterocycles. The highest BCUT2D eigenvalue weighted by Crippen LogP contribution is 2.26. The fourth-order valence-corrected chi connectivity index (χ4v) is 2.06. The first-order valence-electron chi connectivity index (χ1n) is 4.68. The van der Waals surface area contributed by atoms with Crippen LogP contribution >= 0.6 is 11.3 Å². The van der Waals surface area contributed by atoms with Gasteiger partial charge in [0.2, 0.25) is 0 Å². The van der Waals surface area contributed by atoms with Crippen molar-refractivity contribution in [3.63, 3.8) is 0 Å². The minimum absolute atomic E-state index is 0.00634. The van der Waals surface area contributed by atoms with E-state index in [9.17, 15) is 4.79 Å². The van der Waals surface area contributed by atoms with Crippen LogP contribution < -0.4 is 5.73 Å². The standard InChI is InChI=1S/C11H10N2O2S/c12-11-13-9(6-16-11)8-4-2-1-3-7(8)5-10(14)15/h1-4,6H,5H2,(H2,12,13)(H,14,15). The Kier molecular flexibility index (Phi) is 2.87. The molecule has 5 heteroatoms. The van der Waals surface area contributed by atoms with Gasteiger partial charge in [-0.15, -0.1) is 11.3 Å². The van der Waals surface area contributed by atoms with Crippen molar-refractivity contribution in [1.29, 1.82) is 0 Å². The molecule has 0 amide bonds. The number of nitrogens with two attached hydrogens (primary N) is 1. The second-order valence-electron chi connectivity index (χ2n) is 3.30. The number of rotatable bonds is 3. The summed E-state index contributed by atoms with van der Waals surface area (Å²) in [5.74, 6) is -0.851. The zero-order valence-electron chi connectivity index (χ0n) is 8.38. The molecule has 0 spiro atoms. The van der Waals surface area contributed by atoms with Crippen LogP contribution in [0, 0.1) is 0 Å². The molecule has 0 aliphatic heterocycles. The van der Waals surface area contributed by atoms with Gasteiger partial charge in [-0.3, -0.25) is 4.79 Å². The van der Waals surface area contributed by atoms with Gasteiger partial charge in [-0.25, -0.2) is 4.98 Å². The van der Waals surface area contributed by atoms with Gasteiger partial charge in [-0.05, 0) is 5.56 Å². The number of hydrogen-bond acceptors (Lipinski definition) is 4. The van der Waals surface area contributed by atoms with Gasteiger partial charge in [0.1, 0.15) is 0 Å². The van der Waals surface area contributed by atoms with E-state index in [1.54, 1.807) is 6.07 Å². The largest absolute Gasteiger partial charge is 0.481 e. The number of carboxylic acids is 1. The van der Waals surface area contributed by atoms with E-state index in [2.05, 4.69) is 4.98 Å². The molecule has 82 valence electrons. The van der Waals surface area contributed by atoms with Crippen LogP contribution in [0.1, 0.15) is 5.56 Å². The van der Waals surface area contributed by atoms with Gasteiger partial charge in [-0.1, -0.05) is 24.3 Å². The minimum Gasteiger partial charge on any atom is -0.481 e. The summed E-state index contributed by atoms with van der Waals surface area (Å²) in [5, 5.41) is 11.1. The number of nitrogens with zero attached hydrogens (tertiary/aromatic N) is 1. The van der Waals surface area contributed by atoms with Gasteiger partial charge < -0.3 is 10.8 Å². The van der Waals surface area contributed by atoms with Crippen LogP contribution in [-0.4, -0.2) is 16.1 Å². The van der Waals surface area contributed by atoms with Crippen molar-refractivity contribution >= 4 is 22.4 Å². The Labute approximate surface area is 96.4 Å². The monoisotopic (exact) mass is 234 g/mol. The second kappa shape index (κ2) is 4.32. The molecule has 0 bridgehead atoms. The fourth-order valence-electron chi connectivity index (χ4n) is 1.50. The number of carbonyl (C=O) groups is 1. The molecule has 16 heavy (non-hydrogen) atoms. The van der Waals surface area contributed by atoms with Crippen LogP contribution in [0.5, 0.6) is 0 Å². The molecule has 0 aliphatic rings. The maximum Gasteiger partial charge on any atom is 0.307 e. The first-order chi connectivity index (χ1) is 7.66. The van der Waals surface area contributed by atoms with Gasteiger partial charge >= 0.3 is 5.97 Å². The Balaban J connectivity index is 2.43. The molecule has 2 rings (SSSR count). The summed E-state index contributed by atoms with van der Waals surface area (Å²) >= 11 is 1.35. The van der Waals surface area contributed by atoms with Gasteiger partial charge in [-0.2, -0.15) is 0 Å². The molecule has 0 atom stereocenters. The van der Waals surface area contributed by atoms with E-state index in [-0.39, 0.29) is 6.42 Å². The number of nitrogen functional groups attached to an aromatic ring is 1. The van der Waals surface area contributed by atoms with Crippen LogP contribution in [0.25, 0.3) is 11.3 Å². The van der Waals surface area contributed by atoms with Crippen molar-refractivity contribution in [2.24, 2.45) is 0 Å². The van der Waals surface area contributed by atoms with Crippen LogP contribution in [0.2, 0.25) is 0 Å². The zero-order chi connectivity index (χ0) is 11.5. The molecule has 4 nitrogen and oxygen atoms in total. The summed E-state index contributed by atoms with van der Waals surface area (Å²) in [7, 11) is 0. The van der Waals surface area contributed by atoms with Crippen molar-refractivity contribution in [3.05, 3.63) is 35.2 Å². The zero-order valence-corrected chi connectivity index (χ0v) is 9.20. The first kappa shape index (κ1) is 10.6. The average molecular weight is 234 g/mol. The summed E-state index contributed by atoms with van der Waals surface area (Å²) in [5.41, 5.74) is 7.88. The van der Waals surface area contributed by atoms with Crippen molar-refractivity contribution in [2.75, 3.05) is 5.73 Å². The number of aromatic nitrogens is 1. The molecule has 0 radical (unpaired) electrons. The van der Waals surface area contributed by atoms with E-state index in [1.165, 1.54) is 11.3 Å². The van der Waals surface area contributed by atoms with E-state index in [1.807, 2.05) is 23.6 Å². The van der Waals surface area contributed by atoms with Gasteiger partial charge in [0.05, 0.1) is 12.1 Å². The lowest BCUT2D eigenvalue weighted by molar-refractivity contribution is -0.136. The molecule has 1 aromatic carbocycles. The minimum atomic E-state index is -0.851. The summed E-state index contributed by atoms with van der Waals surface area (Å²) in [6, 6.07) is 7.32. The Morgan fingerprint density at radius 1 is 1.44 bits per heavy atom. The number of hydrogen-bond donors (Lipinski definition) is 2. The van der Waals surface area contributed by atoms with Crippen molar-refractivity contribution < 1.29 is 9.90 Å².